The predicted octanol–water partition coefficient (Wildman–Crippen LogP) is 16.3. The van der Waals surface area contributed by atoms with Crippen LogP contribution >= 0.6 is 0 Å². The van der Waals surface area contributed by atoms with Gasteiger partial charge in [-0.3, -0.25) is 0 Å². The Morgan fingerprint density at radius 3 is 0.511 bits per heavy atom. The van der Waals surface area contributed by atoms with Crippen molar-refractivity contribution in [2.45, 2.75) is 196 Å². The summed E-state index contributed by atoms with van der Waals surface area (Å²) < 4.78 is 53.9. The molecule has 6 aromatic carbocycles. The number of benzene rings is 6. The molecule has 0 fully saturated rings. The quantitative estimate of drug-likeness (QED) is 0.142. The van der Waals surface area contributed by atoms with Gasteiger partial charge in [-0.05, 0) is 133 Å². The van der Waals surface area contributed by atoms with Crippen LogP contribution in [0.2, 0.25) is 0 Å². The Hall–Kier alpha value is -6.04. The third-order valence-corrected chi connectivity index (χ3v) is 17.6. The number of phenols is 2. The number of fused-ring (bicyclic) bond motifs is 18. The molecule has 0 aromatic heterocycles. The monoisotopic (exact) mass is 1200 g/mol. The zero-order valence-corrected chi connectivity index (χ0v) is 56.8. The van der Waals surface area contributed by atoms with Crippen LogP contribution in [0.1, 0.15) is 225 Å². The first-order valence-electron chi connectivity index (χ1n) is 32.4. The molecule has 0 saturated carbocycles. The van der Waals surface area contributed by atoms with E-state index in [0.29, 0.717) is 91.4 Å². The summed E-state index contributed by atoms with van der Waals surface area (Å²) in [4.78, 5) is 0. The summed E-state index contributed by atoms with van der Waals surface area (Å²) in [6.45, 7) is 44.6. The van der Waals surface area contributed by atoms with E-state index in [1.54, 1.807) is 0 Å². The molecule has 88 heavy (non-hydrogen) atoms. The zero-order chi connectivity index (χ0) is 63.7. The molecule has 2 N–H and O–H groups in total. The molecular weight excluding hydrogens is 1100 g/mol. The largest absolute Gasteiger partial charge is 0.507 e. The van der Waals surface area contributed by atoms with Gasteiger partial charge < -0.3 is 48.1 Å². The molecule has 4 heterocycles. The highest BCUT2D eigenvalue weighted by Crippen LogP contribution is 2.46. The van der Waals surface area contributed by atoms with E-state index in [9.17, 15) is 10.2 Å². The number of hydrogen-bond acceptors (Lipinski definition) is 10. The summed E-state index contributed by atoms with van der Waals surface area (Å²) >= 11 is 0. The van der Waals surface area contributed by atoms with Gasteiger partial charge in [0.1, 0.15) is 60.9 Å². The van der Waals surface area contributed by atoms with Crippen molar-refractivity contribution in [2.75, 3.05) is 79.3 Å². The SMILES string of the molecule is CC(C)(C)c1cc2c(O)c(c1)Cc1cc(C(C)(C)C)cc3c1OCCOCCOCCOc1c4cc(C(C)(C)C)cc1Cc1cc(C(C)(C)C)cc(c1OCCOCCOCCOc1c(cc(C(C)(C)C)cc1C3)Cc1cc(C(C)(C)C)cc(c1O)C4)C2. The van der Waals surface area contributed by atoms with Gasteiger partial charge in [0.15, 0.2) is 0 Å². The van der Waals surface area contributed by atoms with Crippen molar-refractivity contribution in [3.63, 3.8) is 0 Å². The van der Waals surface area contributed by atoms with Gasteiger partial charge in [-0.2, -0.15) is 0 Å². The van der Waals surface area contributed by atoms with Gasteiger partial charge in [0, 0.05) is 38.5 Å². The van der Waals surface area contributed by atoms with Crippen molar-refractivity contribution in [1.29, 1.82) is 0 Å². The Morgan fingerprint density at radius 1 is 0.216 bits per heavy atom. The van der Waals surface area contributed by atoms with Crippen LogP contribution in [0.5, 0.6) is 34.5 Å². The van der Waals surface area contributed by atoms with Crippen LogP contribution in [-0.4, -0.2) is 89.5 Å². The van der Waals surface area contributed by atoms with Gasteiger partial charge in [0.25, 0.3) is 0 Å². The Morgan fingerprint density at radius 2 is 0.352 bits per heavy atom. The maximum atomic E-state index is 13.2. The molecule has 476 valence electrons. The highest BCUT2D eigenvalue weighted by atomic mass is 16.6. The maximum Gasteiger partial charge on any atom is 0.126 e. The Balaban J connectivity index is 1.47. The number of ether oxygens (including phenoxy) is 8. The molecule has 0 spiro atoms. The Labute approximate surface area is 528 Å². The Bertz CT molecular complexity index is 3020. The normalized spacial score (nSPS) is 16.7. The van der Waals surface area contributed by atoms with Crippen LogP contribution in [-0.2, 0) is 90.0 Å². The fourth-order valence-corrected chi connectivity index (χ4v) is 12.2. The standard InChI is InChI=1S/C78H104O10/c1-73(2,3)61-37-49-31-53-41-63(75(7,8)9)45-57-35-59-47-65(77(13,14)15)43-55-33-51-39-62(74(4,5)6)40-52(68(51)80)34-56-44-66(78(16,17)18)48-60(72(56)88-30-26-84-21-19-81-23-27-85-69(53)57)36-58-46-64(76(10,11)12)42-54(32-50(38-61)67(49)79)70(58)86-28-24-82-20-22-83-25-29-87-71(55)59/h37-48,79-80H,19-36H2,1-18H3. The van der Waals surface area contributed by atoms with Crippen LogP contribution < -0.4 is 18.9 Å². The number of hydrogen-bond donors (Lipinski definition) is 2. The van der Waals surface area contributed by atoms with E-state index in [-0.39, 0.29) is 70.4 Å². The van der Waals surface area contributed by atoms with E-state index < -0.39 is 0 Å². The van der Waals surface area contributed by atoms with Crippen LogP contribution in [0.3, 0.4) is 0 Å². The summed E-state index contributed by atoms with van der Waals surface area (Å²) in [6.07, 6.45) is 2.51. The van der Waals surface area contributed by atoms with Gasteiger partial charge >= 0.3 is 0 Å². The average Bonchev–Trinajstić information content (AvgIpc) is 0.952. The number of aromatic hydroxyl groups is 2. The van der Waals surface area contributed by atoms with Gasteiger partial charge in [0.2, 0.25) is 0 Å². The lowest BCUT2D eigenvalue weighted by atomic mass is 9.79. The second-order valence-corrected chi connectivity index (χ2v) is 31.2. The van der Waals surface area contributed by atoms with E-state index >= 15 is 0 Å². The first-order chi connectivity index (χ1) is 41.2. The van der Waals surface area contributed by atoms with E-state index in [2.05, 4.69) is 197 Å². The molecule has 16 bridgehead atoms. The number of phenolic OH excluding ortho intramolecular Hbond substituents is 2. The minimum Gasteiger partial charge on any atom is -0.507 e. The van der Waals surface area contributed by atoms with Crippen molar-refractivity contribution in [3.05, 3.63) is 173 Å². The molecule has 0 radical (unpaired) electrons. The highest BCUT2D eigenvalue weighted by Gasteiger charge is 2.31. The lowest BCUT2D eigenvalue weighted by molar-refractivity contribution is 0.0268. The molecule has 0 aliphatic carbocycles. The van der Waals surface area contributed by atoms with Crippen molar-refractivity contribution < 1.29 is 48.1 Å². The summed E-state index contributed by atoms with van der Waals surface area (Å²) in [5, 5.41) is 26.4. The fraction of sp³-hybridized carbons (Fsp3) is 0.538. The maximum absolute atomic E-state index is 13.2. The van der Waals surface area contributed by atoms with Crippen molar-refractivity contribution in [2.24, 2.45) is 0 Å². The van der Waals surface area contributed by atoms with Gasteiger partial charge in [-0.1, -0.05) is 197 Å². The van der Waals surface area contributed by atoms with Crippen LogP contribution in [0.25, 0.3) is 0 Å². The summed E-state index contributed by atoms with van der Waals surface area (Å²) in [5.74, 6) is 3.53. The molecule has 6 aromatic rings. The van der Waals surface area contributed by atoms with Crippen LogP contribution in [0, 0.1) is 0 Å². The Kier molecular flexibility index (Phi) is 19.9. The van der Waals surface area contributed by atoms with Crippen LogP contribution in [0.4, 0.5) is 0 Å². The molecule has 10 rings (SSSR count). The summed E-state index contributed by atoms with van der Waals surface area (Å²) in [6, 6.07) is 27.3. The molecular formula is C78H104O10. The second kappa shape index (κ2) is 26.4. The van der Waals surface area contributed by atoms with E-state index in [1.165, 1.54) is 0 Å². The zero-order valence-electron chi connectivity index (χ0n) is 56.8. The average molecular weight is 1200 g/mol. The first kappa shape index (κ1) is 66.4. The lowest BCUT2D eigenvalue weighted by Gasteiger charge is -2.28. The number of rotatable bonds is 0. The highest BCUT2D eigenvalue weighted by molar-refractivity contribution is 5.61. The van der Waals surface area contributed by atoms with Gasteiger partial charge in [-0.25, -0.2) is 0 Å². The lowest BCUT2D eigenvalue weighted by Crippen LogP contribution is -2.18. The van der Waals surface area contributed by atoms with Gasteiger partial charge in [0.05, 0.1) is 52.9 Å². The van der Waals surface area contributed by atoms with Gasteiger partial charge in [-0.15, -0.1) is 0 Å². The van der Waals surface area contributed by atoms with Crippen molar-refractivity contribution >= 4 is 0 Å². The molecule has 0 amide bonds. The van der Waals surface area contributed by atoms with E-state index in [1.807, 2.05) is 0 Å². The summed E-state index contributed by atoms with van der Waals surface area (Å²) in [5.41, 5.74) is 16.4. The molecule has 4 aliphatic heterocycles. The minimum absolute atomic E-state index is 0.255. The summed E-state index contributed by atoms with van der Waals surface area (Å²) in [7, 11) is 0. The predicted molar refractivity (Wildman–Crippen MR) is 356 cm³/mol. The molecule has 10 heteroatoms. The molecule has 0 atom stereocenters. The topological polar surface area (TPSA) is 114 Å². The fourth-order valence-electron chi connectivity index (χ4n) is 12.2. The molecule has 0 saturated heterocycles. The van der Waals surface area contributed by atoms with Crippen molar-refractivity contribution in [3.8, 4) is 34.5 Å². The molecule has 4 aliphatic rings. The van der Waals surface area contributed by atoms with E-state index in [0.717, 1.165) is 123 Å². The van der Waals surface area contributed by atoms with Crippen LogP contribution in [0.15, 0.2) is 72.8 Å². The smallest absolute Gasteiger partial charge is 0.126 e. The van der Waals surface area contributed by atoms with E-state index in [4.69, 9.17) is 37.9 Å². The third kappa shape index (κ3) is 16.1. The molecule has 10 nitrogen and oxygen atoms in total. The third-order valence-electron chi connectivity index (χ3n) is 17.6. The molecule has 0 unspecified atom stereocenters. The first-order valence-corrected chi connectivity index (χ1v) is 32.4. The second-order valence-electron chi connectivity index (χ2n) is 31.2. The van der Waals surface area contributed by atoms with Crippen molar-refractivity contribution in [1.82, 2.24) is 0 Å². The minimum atomic E-state index is -0.269.